The standard InChI is InChI=1S/C11H25N3/c1-3-4-5-13-6-8-14(9-7-13)10-11(2)12/h11H,3-10,12H2,1-2H3. The molecule has 0 aliphatic carbocycles. The van der Waals surface area contributed by atoms with E-state index in [1.165, 1.54) is 45.6 Å². The molecule has 3 heteroatoms. The highest BCUT2D eigenvalue weighted by Crippen LogP contribution is 2.03. The highest BCUT2D eigenvalue weighted by molar-refractivity contribution is 4.73. The third-order valence-electron chi connectivity index (χ3n) is 2.84. The van der Waals surface area contributed by atoms with Crippen molar-refractivity contribution in [1.82, 2.24) is 9.80 Å². The largest absolute Gasteiger partial charge is 0.327 e. The zero-order valence-corrected chi connectivity index (χ0v) is 9.71. The fourth-order valence-corrected chi connectivity index (χ4v) is 1.98. The molecule has 1 aliphatic rings. The van der Waals surface area contributed by atoms with Crippen LogP contribution in [0.3, 0.4) is 0 Å². The number of hydrogen-bond acceptors (Lipinski definition) is 3. The second-order valence-corrected chi connectivity index (χ2v) is 4.47. The summed E-state index contributed by atoms with van der Waals surface area (Å²) in [5.41, 5.74) is 5.78. The zero-order chi connectivity index (χ0) is 10.4. The van der Waals surface area contributed by atoms with Crippen molar-refractivity contribution in [3.8, 4) is 0 Å². The van der Waals surface area contributed by atoms with Crippen LogP contribution in [0.5, 0.6) is 0 Å². The molecule has 0 amide bonds. The second-order valence-electron chi connectivity index (χ2n) is 4.47. The smallest absolute Gasteiger partial charge is 0.0139 e. The van der Waals surface area contributed by atoms with E-state index in [0.717, 1.165) is 6.54 Å². The lowest BCUT2D eigenvalue weighted by molar-refractivity contribution is 0.127. The van der Waals surface area contributed by atoms with Crippen molar-refractivity contribution in [2.24, 2.45) is 5.73 Å². The predicted molar refractivity (Wildman–Crippen MR) is 61.4 cm³/mol. The Morgan fingerprint density at radius 3 is 2.21 bits per heavy atom. The van der Waals surface area contributed by atoms with Gasteiger partial charge in [0, 0.05) is 38.8 Å². The number of hydrogen-bond donors (Lipinski definition) is 1. The van der Waals surface area contributed by atoms with Crippen LogP contribution in [0, 0.1) is 0 Å². The van der Waals surface area contributed by atoms with Gasteiger partial charge in [0.05, 0.1) is 0 Å². The van der Waals surface area contributed by atoms with Crippen LogP contribution >= 0.6 is 0 Å². The third-order valence-corrected chi connectivity index (χ3v) is 2.84. The summed E-state index contributed by atoms with van der Waals surface area (Å²) in [7, 11) is 0. The maximum absolute atomic E-state index is 5.78. The van der Waals surface area contributed by atoms with Crippen molar-refractivity contribution in [3.63, 3.8) is 0 Å². The minimum Gasteiger partial charge on any atom is -0.327 e. The van der Waals surface area contributed by atoms with Crippen LogP contribution in [-0.4, -0.2) is 55.1 Å². The van der Waals surface area contributed by atoms with E-state index >= 15 is 0 Å². The average molecular weight is 199 g/mol. The number of piperazine rings is 1. The number of unbranched alkanes of at least 4 members (excludes halogenated alkanes) is 1. The van der Waals surface area contributed by atoms with E-state index in [4.69, 9.17) is 5.73 Å². The first-order chi connectivity index (χ1) is 6.72. The van der Waals surface area contributed by atoms with Crippen molar-refractivity contribution in [1.29, 1.82) is 0 Å². The molecule has 0 spiro atoms. The van der Waals surface area contributed by atoms with E-state index in [2.05, 4.69) is 23.6 Å². The summed E-state index contributed by atoms with van der Waals surface area (Å²) in [4.78, 5) is 5.05. The molecule has 0 bridgehead atoms. The first kappa shape index (κ1) is 12.0. The molecule has 0 saturated carbocycles. The van der Waals surface area contributed by atoms with Crippen LogP contribution in [0.15, 0.2) is 0 Å². The Morgan fingerprint density at radius 2 is 1.71 bits per heavy atom. The Kier molecular flexibility index (Phi) is 5.45. The topological polar surface area (TPSA) is 32.5 Å². The molecular weight excluding hydrogens is 174 g/mol. The van der Waals surface area contributed by atoms with Crippen molar-refractivity contribution in [3.05, 3.63) is 0 Å². The van der Waals surface area contributed by atoms with Gasteiger partial charge in [0.2, 0.25) is 0 Å². The van der Waals surface area contributed by atoms with Gasteiger partial charge in [-0.3, -0.25) is 4.90 Å². The summed E-state index contributed by atoms with van der Waals surface area (Å²) in [6.45, 7) is 11.5. The Labute approximate surface area is 88.2 Å². The van der Waals surface area contributed by atoms with Gasteiger partial charge < -0.3 is 10.6 Å². The van der Waals surface area contributed by atoms with E-state index in [0.29, 0.717) is 6.04 Å². The van der Waals surface area contributed by atoms with Gasteiger partial charge in [-0.1, -0.05) is 13.3 Å². The summed E-state index contributed by atoms with van der Waals surface area (Å²) in [5.74, 6) is 0. The normalized spacial score (nSPS) is 22.5. The second kappa shape index (κ2) is 6.38. The Hall–Kier alpha value is -0.120. The van der Waals surface area contributed by atoms with Crippen LogP contribution in [0.25, 0.3) is 0 Å². The molecule has 1 saturated heterocycles. The van der Waals surface area contributed by atoms with Gasteiger partial charge >= 0.3 is 0 Å². The Bertz CT molecular complexity index is 139. The lowest BCUT2D eigenvalue weighted by Crippen LogP contribution is -2.49. The lowest BCUT2D eigenvalue weighted by atomic mass is 10.2. The molecule has 14 heavy (non-hydrogen) atoms. The zero-order valence-electron chi connectivity index (χ0n) is 9.71. The van der Waals surface area contributed by atoms with Crippen molar-refractivity contribution >= 4 is 0 Å². The number of rotatable bonds is 5. The van der Waals surface area contributed by atoms with Crippen LogP contribution in [0.4, 0.5) is 0 Å². The van der Waals surface area contributed by atoms with Gasteiger partial charge in [0.25, 0.3) is 0 Å². The van der Waals surface area contributed by atoms with E-state index < -0.39 is 0 Å². The van der Waals surface area contributed by atoms with Crippen LogP contribution in [0.2, 0.25) is 0 Å². The maximum atomic E-state index is 5.78. The van der Waals surface area contributed by atoms with E-state index in [9.17, 15) is 0 Å². The molecule has 3 nitrogen and oxygen atoms in total. The molecule has 1 heterocycles. The third kappa shape index (κ3) is 4.40. The molecule has 0 aromatic rings. The van der Waals surface area contributed by atoms with E-state index in [-0.39, 0.29) is 0 Å². The van der Waals surface area contributed by atoms with Gasteiger partial charge in [-0.15, -0.1) is 0 Å². The summed E-state index contributed by atoms with van der Waals surface area (Å²) in [5, 5.41) is 0. The van der Waals surface area contributed by atoms with Crippen LogP contribution in [-0.2, 0) is 0 Å². The molecule has 1 atom stereocenters. The highest BCUT2D eigenvalue weighted by Gasteiger charge is 2.16. The number of nitrogens with two attached hydrogens (primary N) is 1. The summed E-state index contributed by atoms with van der Waals surface area (Å²) >= 11 is 0. The summed E-state index contributed by atoms with van der Waals surface area (Å²) < 4.78 is 0. The molecule has 2 N–H and O–H groups in total. The van der Waals surface area contributed by atoms with E-state index in [1.54, 1.807) is 0 Å². The quantitative estimate of drug-likeness (QED) is 0.709. The highest BCUT2D eigenvalue weighted by atomic mass is 15.3. The van der Waals surface area contributed by atoms with Crippen molar-refractivity contribution < 1.29 is 0 Å². The van der Waals surface area contributed by atoms with Gasteiger partial charge in [-0.25, -0.2) is 0 Å². The number of nitrogens with zero attached hydrogens (tertiary/aromatic N) is 2. The minimum absolute atomic E-state index is 0.317. The van der Waals surface area contributed by atoms with Crippen molar-refractivity contribution in [2.75, 3.05) is 39.3 Å². The molecular formula is C11H25N3. The van der Waals surface area contributed by atoms with Gasteiger partial charge in [0.15, 0.2) is 0 Å². The van der Waals surface area contributed by atoms with Crippen LogP contribution < -0.4 is 5.73 Å². The fraction of sp³-hybridized carbons (Fsp3) is 1.00. The SMILES string of the molecule is CCCCN1CCN(CC(C)N)CC1. The summed E-state index contributed by atoms with van der Waals surface area (Å²) in [6, 6.07) is 0.317. The molecule has 0 radical (unpaired) electrons. The first-order valence-corrected chi connectivity index (χ1v) is 5.92. The van der Waals surface area contributed by atoms with E-state index in [1.807, 2.05) is 0 Å². The predicted octanol–water partition coefficient (Wildman–Crippen LogP) is 0.751. The molecule has 0 aromatic heterocycles. The Balaban J connectivity index is 2.11. The van der Waals surface area contributed by atoms with Gasteiger partial charge in [-0.05, 0) is 19.9 Å². The minimum atomic E-state index is 0.317. The molecule has 0 aromatic carbocycles. The summed E-state index contributed by atoms with van der Waals surface area (Å²) in [6.07, 6.45) is 2.65. The van der Waals surface area contributed by atoms with Crippen molar-refractivity contribution in [2.45, 2.75) is 32.7 Å². The molecule has 1 rings (SSSR count). The molecule has 84 valence electrons. The molecule has 1 aliphatic heterocycles. The van der Waals surface area contributed by atoms with Gasteiger partial charge in [-0.2, -0.15) is 0 Å². The molecule has 1 unspecified atom stereocenters. The monoisotopic (exact) mass is 199 g/mol. The maximum Gasteiger partial charge on any atom is 0.0139 e. The fourth-order valence-electron chi connectivity index (χ4n) is 1.98. The molecule has 1 fully saturated rings. The average Bonchev–Trinajstić information content (AvgIpc) is 2.16. The van der Waals surface area contributed by atoms with Crippen LogP contribution in [0.1, 0.15) is 26.7 Å². The van der Waals surface area contributed by atoms with Gasteiger partial charge in [0.1, 0.15) is 0 Å². The first-order valence-electron chi connectivity index (χ1n) is 5.92. The lowest BCUT2D eigenvalue weighted by Gasteiger charge is -2.35. The Morgan fingerprint density at radius 1 is 1.14 bits per heavy atom.